The van der Waals surface area contributed by atoms with E-state index in [-0.39, 0.29) is 46.8 Å². The van der Waals surface area contributed by atoms with E-state index in [2.05, 4.69) is 30.8 Å². The maximum atomic E-state index is 13.1. The molecule has 2 saturated heterocycles. The summed E-state index contributed by atoms with van der Waals surface area (Å²) in [5, 5.41) is 2.00. The number of imide groups is 1. The van der Waals surface area contributed by atoms with Gasteiger partial charge in [0.15, 0.2) is 0 Å². The fourth-order valence-electron chi connectivity index (χ4n) is 6.28. The molecule has 4 rings (SSSR count). The van der Waals surface area contributed by atoms with Crippen molar-refractivity contribution in [3.8, 4) is 0 Å². The average Bonchev–Trinajstić information content (AvgIpc) is 3.03. The van der Waals surface area contributed by atoms with Crippen LogP contribution < -0.4 is 10.0 Å². The highest BCUT2D eigenvalue weighted by Gasteiger charge is 2.49. The number of amides is 3. The zero-order valence-electron chi connectivity index (χ0n) is 19.4. The van der Waals surface area contributed by atoms with E-state index in [0.717, 1.165) is 12.8 Å². The molecule has 4 aliphatic rings. The van der Waals surface area contributed by atoms with Crippen LogP contribution in [0.2, 0.25) is 0 Å². The van der Waals surface area contributed by atoms with Crippen molar-refractivity contribution in [3.63, 3.8) is 0 Å². The van der Waals surface area contributed by atoms with Crippen LogP contribution in [0.5, 0.6) is 0 Å². The van der Waals surface area contributed by atoms with Crippen molar-refractivity contribution in [2.24, 2.45) is 23.2 Å². The van der Waals surface area contributed by atoms with Crippen molar-refractivity contribution in [3.05, 3.63) is 0 Å². The van der Waals surface area contributed by atoms with Gasteiger partial charge in [0.2, 0.25) is 27.7 Å². The Morgan fingerprint density at radius 3 is 2.28 bits per heavy atom. The fraction of sp³-hybridized carbons (Fsp3) is 0.870. The van der Waals surface area contributed by atoms with E-state index in [0.29, 0.717) is 51.0 Å². The van der Waals surface area contributed by atoms with Crippen molar-refractivity contribution in [2.75, 3.05) is 6.54 Å². The van der Waals surface area contributed by atoms with E-state index >= 15 is 0 Å². The molecule has 0 bridgehead atoms. The predicted molar refractivity (Wildman–Crippen MR) is 120 cm³/mol. The lowest BCUT2D eigenvalue weighted by Gasteiger charge is -2.37. The summed E-state index contributed by atoms with van der Waals surface area (Å²) in [6.07, 6.45) is 5.81. The highest BCUT2D eigenvalue weighted by Crippen LogP contribution is 2.41. The van der Waals surface area contributed by atoms with Gasteiger partial charge in [-0.3, -0.25) is 19.7 Å². The minimum absolute atomic E-state index is 0.0219. The van der Waals surface area contributed by atoms with Gasteiger partial charge in [-0.25, -0.2) is 13.1 Å². The molecule has 0 radical (unpaired) electrons. The first-order chi connectivity index (χ1) is 15.0. The molecule has 0 aromatic heterocycles. The second kappa shape index (κ2) is 8.70. The number of fused-ring (bicyclic) bond motifs is 1. The summed E-state index contributed by atoms with van der Waals surface area (Å²) in [6, 6.07) is -0.741. The Morgan fingerprint density at radius 1 is 0.969 bits per heavy atom. The van der Waals surface area contributed by atoms with Gasteiger partial charge in [0, 0.05) is 24.9 Å². The number of hydrogen-bond donors (Lipinski definition) is 2. The molecular formula is C23H37N3O5S. The zero-order chi connectivity index (χ0) is 23.3. The van der Waals surface area contributed by atoms with E-state index in [4.69, 9.17) is 0 Å². The van der Waals surface area contributed by atoms with Crippen molar-refractivity contribution >= 4 is 27.7 Å². The number of rotatable bonds is 4. The summed E-state index contributed by atoms with van der Waals surface area (Å²) in [4.78, 5) is 38.2. The SMILES string of the molecule is CC(C)(C)C1CCC(S(=O)(=O)NC2CCC3C(=O)N(C4CCC(=O)NC4=O)CC3C2)CC1. The van der Waals surface area contributed by atoms with Gasteiger partial charge in [-0.1, -0.05) is 20.8 Å². The summed E-state index contributed by atoms with van der Waals surface area (Å²) < 4.78 is 29.1. The standard InChI is InChI=1S/C23H37N3O5S/c1-23(2,3)15-4-7-17(8-5-15)32(30,31)25-16-6-9-18-14(12-16)13-26(22(18)29)19-10-11-20(27)24-21(19)28/h14-19,25H,4-13H2,1-3H3,(H,24,27,28). The fourth-order valence-corrected chi connectivity index (χ4v) is 8.05. The molecular weight excluding hydrogens is 430 g/mol. The first kappa shape index (κ1) is 23.7. The Balaban J connectivity index is 1.34. The van der Waals surface area contributed by atoms with Crippen LogP contribution in [0.4, 0.5) is 0 Å². The molecule has 8 nitrogen and oxygen atoms in total. The lowest BCUT2D eigenvalue weighted by Crippen LogP contribution is -2.53. The molecule has 0 aromatic carbocycles. The maximum absolute atomic E-state index is 13.1. The molecule has 2 N–H and O–H groups in total. The van der Waals surface area contributed by atoms with Gasteiger partial charge in [0.05, 0.1) is 5.25 Å². The van der Waals surface area contributed by atoms with Crippen LogP contribution in [-0.4, -0.2) is 54.9 Å². The summed E-state index contributed by atoms with van der Waals surface area (Å²) in [5.41, 5.74) is 0.212. The molecule has 2 heterocycles. The van der Waals surface area contributed by atoms with Crippen LogP contribution in [0.15, 0.2) is 0 Å². The average molecular weight is 468 g/mol. The van der Waals surface area contributed by atoms with E-state index in [9.17, 15) is 22.8 Å². The zero-order valence-corrected chi connectivity index (χ0v) is 20.2. The normalized spacial score (nSPS) is 36.7. The summed E-state index contributed by atoms with van der Waals surface area (Å²) in [5.74, 6) is -0.245. The third kappa shape index (κ3) is 4.74. The van der Waals surface area contributed by atoms with Crippen LogP contribution in [0, 0.1) is 23.2 Å². The molecule has 0 aromatic rings. The Bertz CT molecular complexity index is 873. The molecule has 9 heteroatoms. The summed E-state index contributed by atoms with van der Waals surface area (Å²) in [6.45, 7) is 7.14. The topological polar surface area (TPSA) is 113 Å². The van der Waals surface area contributed by atoms with E-state index in [1.54, 1.807) is 4.90 Å². The minimum Gasteiger partial charge on any atom is -0.330 e. The lowest BCUT2D eigenvalue weighted by molar-refractivity contribution is -0.144. The number of nitrogens with zero attached hydrogens (tertiary/aromatic N) is 1. The molecule has 180 valence electrons. The molecule has 4 unspecified atom stereocenters. The molecule has 32 heavy (non-hydrogen) atoms. The maximum Gasteiger partial charge on any atom is 0.249 e. The number of hydrogen-bond acceptors (Lipinski definition) is 5. The first-order valence-electron chi connectivity index (χ1n) is 12.1. The second-order valence-corrected chi connectivity index (χ2v) is 13.3. The van der Waals surface area contributed by atoms with Crippen LogP contribution in [-0.2, 0) is 24.4 Å². The highest BCUT2D eigenvalue weighted by molar-refractivity contribution is 7.90. The molecule has 4 atom stereocenters. The number of sulfonamides is 1. The van der Waals surface area contributed by atoms with Crippen LogP contribution >= 0.6 is 0 Å². The lowest BCUT2D eigenvalue weighted by atomic mass is 9.72. The van der Waals surface area contributed by atoms with E-state index < -0.39 is 22.0 Å². The van der Waals surface area contributed by atoms with Gasteiger partial charge >= 0.3 is 0 Å². The third-order valence-corrected chi connectivity index (χ3v) is 10.3. The molecule has 0 spiro atoms. The summed E-state index contributed by atoms with van der Waals surface area (Å²) in [7, 11) is -3.39. The smallest absolute Gasteiger partial charge is 0.249 e. The number of carbonyl (C=O) groups excluding carboxylic acids is 3. The Morgan fingerprint density at radius 2 is 1.66 bits per heavy atom. The molecule has 2 saturated carbocycles. The summed E-state index contributed by atoms with van der Waals surface area (Å²) >= 11 is 0. The quantitative estimate of drug-likeness (QED) is 0.614. The molecule has 2 aliphatic carbocycles. The Hall–Kier alpha value is -1.48. The number of piperidine rings is 1. The third-order valence-electron chi connectivity index (χ3n) is 8.27. The molecule has 2 aliphatic heterocycles. The molecule has 3 amide bonds. The number of carbonyl (C=O) groups is 3. The van der Waals surface area contributed by atoms with Crippen molar-refractivity contribution in [1.29, 1.82) is 0 Å². The van der Waals surface area contributed by atoms with Gasteiger partial charge in [-0.2, -0.15) is 0 Å². The largest absolute Gasteiger partial charge is 0.330 e. The van der Waals surface area contributed by atoms with Crippen molar-refractivity contribution < 1.29 is 22.8 Å². The Kier molecular flexibility index (Phi) is 6.44. The van der Waals surface area contributed by atoms with Crippen molar-refractivity contribution in [2.45, 2.75) is 95.9 Å². The van der Waals surface area contributed by atoms with Gasteiger partial charge in [-0.05, 0) is 68.6 Å². The predicted octanol–water partition coefficient (Wildman–Crippen LogP) is 1.94. The van der Waals surface area contributed by atoms with Crippen LogP contribution in [0.25, 0.3) is 0 Å². The highest BCUT2D eigenvalue weighted by atomic mass is 32.2. The van der Waals surface area contributed by atoms with Gasteiger partial charge in [-0.15, -0.1) is 0 Å². The minimum atomic E-state index is -3.39. The Labute approximate surface area is 191 Å². The second-order valence-electron chi connectivity index (χ2n) is 11.3. The van der Waals surface area contributed by atoms with Crippen LogP contribution in [0.1, 0.15) is 78.6 Å². The number of likely N-dealkylation sites (tertiary alicyclic amines) is 1. The van der Waals surface area contributed by atoms with E-state index in [1.807, 2.05) is 0 Å². The monoisotopic (exact) mass is 467 g/mol. The van der Waals surface area contributed by atoms with Crippen LogP contribution in [0.3, 0.4) is 0 Å². The van der Waals surface area contributed by atoms with E-state index in [1.165, 1.54) is 0 Å². The van der Waals surface area contributed by atoms with Crippen molar-refractivity contribution in [1.82, 2.24) is 14.9 Å². The number of nitrogens with one attached hydrogen (secondary N) is 2. The van der Waals surface area contributed by atoms with Gasteiger partial charge in [0.25, 0.3) is 0 Å². The van der Waals surface area contributed by atoms with Gasteiger partial charge < -0.3 is 4.90 Å². The first-order valence-corrected chi connectivity index (χ1v) is 13.7. The molecule has 4 fully saturated rings. The van der Waals surface area contributed by atoms with Gasteiger partial charge in [0.1, 0.15) is 6.04 Å².